The molecule has 1 atom stereocenters. The molecule has 0 bridgehead atoms. The molecule has 1 aromatic heterocycles. The summed E-state index contributed by atoms with van der Waals surface area (Å²) >= 11 is 6.57. The molecule has 0 unspecified atom stereocenters. The van der Waals surface area contributed by atoms with Crippen molar-refractivity contribution in [3.63, 3.8) is 0 Å². The van der Waals surface area contributed by atoms with Gasteiger partial charge in [0.2, 0.25) is 0 Å². The summed E-state index contributed by atoms with van der Waals surface area (Å²) in [7, 11) is 0. The molecule has 6 nitrogen and oxygen atoms in total. The number of benzene rings is 2. The average molecular weight is 482 g/mol. The maximum Gasteiger partial charge on any atom is 0.282 e. The van der Waals surface area contributed by atoms with E-state index >= 15 is 0 Å². The van der Waals surface area contributed by atoms with Crippen LogP contribution in [0.2, 0.25) is 5.02 Å². The first-order chi connectivity index (χ1) is 16.5. The molecule has 0 N–H and O–H groups in total. The lowest BCUT2D eigenvalue weighted by Gasteiger charge is -2.22. The molecule has 180 valence electrons. The van der Waals surface area contributed by atoms with Crippen LogP contribution in [0.3, 0.4) is 0 Å². The highest BCUT2D eigenvalue weighted by atomic mass is 35.5. The fraction of sp³-hybridized carbons (Fsp3) is 0.444. The predicted octanol–water partition coefficient (Wildman–Crippen LogP) is 6.56. The monoisotopic (exact) mass is 481 g/mol. The van der Waals surface area contributed by atoms with Crippen molar-refractivity contribution in [2.24, 2.45) is 5.10 Å². The predicted molar refractivity (Wildman–Crippen MR) is 138 cm³/mol. The van der Waals surface area contributed by atoms with Crippen LogP contribution in [0.5, 0.6) is 11.5 Å². The molecule has 0 amide bonds. The van der Waals surface area contributed by atoms with Gasteiger partial charge in [-0.05, 0) is 62.9 Å². The van der Waals surface area contributed by atoms with Gasteiger partial charge in [0.05, 0.1) is 34.9 Å². The largest absolute Gasteiger partial charge is 0.490 e. The van der Waals surface area contributed by atoms with Crippen molar-refractivity contribution in [1.82, 2.24) is 9.66 Å². The fourth-order valence-electron chi connectivity index (χ4n) is 4.33. The van der Waals surface area contributed by atoms with Crippen molar-refractivity contribution < 1.29 is 9.47 Å². The van der Waals surface area contributed by atoms with Crippen LogP contribution in [-0.4, -0.2) is 28.6 Å². The van der Waals surface area contributed by atoms with Gasteiger partial charge in [-0.15, -0.1) is 0 Å². The third kappa shape index (κ3) is 5.27. The molecule has 34 heavy (non-hydrogen) atoms. The van der Waals surface area contributed by atoms with Crippen LogP contribution < -0.4 is 15.0 Å². The first-order valence-corrected chi connectivity index (χ1v) is 12.6. The van der Waals surface area contributed by atoms with Crippen molar-refractivity contribution in [3.05, 3.63) is 63.2 Å². The Morgan fingerprint density at radius 1 is 1.21 bits per heavy atom. The van der Waals surface area contributed by atoms with Crippen molar-refractivity contribution in [1.29, 1.82) is 0 Å². The molecule has 1 heterocycles. The highest BCUT2D eigenvalue weighted by Gasteiger charge is 2.22. The molecule has 1 aliphatic rings. The third-order valence-corrected chi connectivity index (χ3v) is 6.58. The summed E-state index contributed by atoms with van der Waals surface area (Å²) in [6.45, 7) is 6.44. The molecular weight excluding hydrogens is 450 g/mol. The molecule has 3 aromatic rings. The highest BCUT2D eigenvalue weighted by molar-refractivity contribution is 6.32. The molecule has 0 radical (unpaired) electrons. The van der Waals surface area contributed by atoms with Crippen molar-refractivity contribution >= 4 is 28.7 Å². The lowest BCUT2D eigenvalue weighted by Crippen LogP contribution is -2.25. The van der Waals surface area contributed by atoms with E-state index in [-0.39, 0.29) is 17.6 Å². The van der Waals surface area contributed by atoms with Gasteiger partial charge in [-0.25, -0.2) is 4.98 Å². The van der Waals surface area contributed by atoms with E-state index in [9.17, 15) is 4.79 Å². The Hall–Kier alpha value is -2.86. The quantitative estimate of drug-likeness (QED) is 0.342. The molecule has 0 spiro atoms. The first kappa shape index (κ1) is 24.3. The van der Waals surface area contributed by atoms with Gasteiger partial charge in [-0.3, -0.25) is 4.79 Å². The Bertz CT molecular complexity index is 1230. The van der Waals surface area contributed by atoms with Gasteiger partial charge >= 0.3 is 0 Å². The van der Waals surface area contributed by atoms with E-state index in [1.807, 2.05) is 38.1 Å². The van der Waals surface area contributed by atoms with Gasteiger partial charge in [0, 0.05) is 5.92 Å². The Morgan fingerprint density at radius 3 is 2.71 bits per heavy atom. The van der Waals surface area contributed by atoms with Gasteiger partial charge in [0.1, 0.15) is 5.82 Å². The van der Waals surface area contributed by atoms with Crippen molar-refractivity contribution in [3.8, 4) is 11.5 Å². The summed E-state index contributed by atoms with van der Waals surface area (Å²) in [4.78, 5) is 18.3. The number of nitrogens with zero attached hydrogens (tertiary/aromatic N) is 3. The third-order valence-electron chi connectivity index (χ3n) is 6.30. The SMILES string of the molecule is CCOc1cc(C=Nn2c(C3CCCCC3)nc3ccccc3c2=O)cc(Cl)c1O[C@H](C)CC. The van der Waals surface area contributed by atoms with E-state index in [1.165, 1.54) is 11.1 Å². The molecular formula is C27H32ClN3O3. The van der Waals surface area contributed by atoms with E-state index in [4.69, 9.17) is 26.1 Å². The molecule has 4 rings (SSSR count). The van der Waals surface area contributed by atoms with E-state index in [0.29, 0.717) is 34.0 Å². The molecule has 1 saturated carbocycles. The molecule has 2 aromatic carbocycles. The van der Waals surface area contributed by atoms with Gasteiger partial charge in [-0.1, -0.05) is 49.9 Å². The van der Waals surface area contributed by atoms with Crippen LogP contribution in [-0.2, 0) is 0 Å². The summed E-state index contributed by atoms with van der Waals surface area (Å²) < 4.78 is 13.3. The normalized spacial score (nSPS) is 15.6. The molecule has 0 saturated heterocycles. The van der Waals surface area contributed by atoms with Gasteiger partial charge in [0.25, 0.3) is 5.56 Å². The maximum atomic E-state index is 13.4. The number of fused-ring (bicyclic) bond motifs is 1. The van der Waals surface area contributed by atoms with Gasteiger partial charge in [-0.2, -0.15) is 9.78 Å². The average Bonchev–Trinajstić information content (AvgIpc) is 2.86. The molecule has 1 aliphatic carbocycles. The first-order valence-electron chi connectivity index (χ1n) is 12.2. The number of ether oxygens (including phenoxy) is 2. The van der Waals surface area contributed by atoms with E-state index in [2.05, 4.69) is 12.0 Å². The standard InChI is InChI=1S/C27H32ClN3O3/c1-4-18(3)34-25-22(28)15-19(16-24(25)33-5-2)17-29-31-26(20-11-7-6-8-12-20)30-23-14-10-9-13-21(23)27(31)32/h9-10,13-18,20H,4-8,11-12H2,1-3H3/t18-/m1/s1. The fourth-order valence-corrected chi connectivity index (χ4v) is 4.59. The number of rotatable bonds is 8. The van der Waals surface area contributed by atoms with E-state index in [1.54, 1.807) is 18.3 Å². The summed E-state index contributed by atoms with van der Waals surface area (Å²) in [5.74, 6) is 2.04. The second-order valence-electron chi connectivity index (χ2n) is 8.78. The molecule has 7 heteroatoms. The zero-order valence-corrected chi connectivity index (χ0v) is 20.8. The lowest BCUT2D eigenvalue weighted by atomic mass is 9.88. The second-order valence-corrected chi connectivity index (χ2v) is 9.19. The maximum absolute atomic E-state index is 13.4. The van der Waals surface area contributed by atoms with Crippen molar-refractivity contribution in [2.45, 2.75) is 71.3 Å². The summed E-state index contributed by atoms with van der Waals surface area (Å²) in [6, 6.07) is 11.1. The van der Waals surface area contributed by atoms with Crippen LogP contribution >= 0.6 is 11.6 Å². The topological polar surface area (TPSA) is 65.7 Å². The van der Waals surface area contributed by atoms with Gasteiger partial charge in [0.15, 0.2) is 11.5 Å². The molecule has 0 aliphatic heterocycles. The Morgan fingerprint density at radius 2 is 1.97 bits per heavy atom. The zero-order chi connectivity index (χ0) is 24.1. The van der Waals surface area contributed by atoms with E-state index < -0.39 is 0 Å². The Labute approximate surface area is 205 Å². The number of halogens is 1. The van der Waals surface area contributed by atoms with Crippen LogP contribution in [0.4, 0.5) is 0 Å². The summed E-state index contributed by atoms with van der Waals surface area (Å²) in [6.07, 6.45) is 8.05. The Balaban J connectivity index is 1.77. The highest BCUT2D eigenvalue weighted by Crippen LogP contribution is 2.37. The summed E-state index contributed by atoms with van der Waals surface area (Å²) in [5.41, 5.74) is 1.28. The minimum absolute atomic E-state index is 0.0107. The minimum Gasteiger partial charge on any atom is -0.490 e. The summed E-state index contributed by atoms with van der Waals surface area (Å²) in [5, 5.41) is 5.62. The van der Waals surface area contributed by atoms with E-state index in [0.717, 1.165) is 43.5 Å². The van der Waals surface area contributed by atoms with Crippen LogP contribution in [0.1, 0.15) is 76.6 Å². The zero-order valence-electron chi connectivity index (χ0n) is 20.1. The smallest absolute Gasteiger partial charge is 0.282 e. The number of hydrogen-bond donors (Lipinski definition) is 0. The number of para-hydroxylation sites is 1. The number of hydrogen-bond acceptors (Lipinski definition) is 5. The van der Waals surface area contributed by atoms with Crippen molar-refractivity contribution in [2.75, 3.05) is 6.61 Å². The van der Waals surface area contributed by atoms with Crippen LogP contribution in [0.15, 0.2) is 46.3 Å². The van der Waals surface area contributed by atoms with Crippen LogP contribution in [0.25, 0.3) is 10.9 Å². The number of aromatic nitrogens is 2. The second kappa shape index (κ2) is 11.0. The minimum atomic E-state index is -0.157. The molecule has 1 fully saturated rings. The van der Waals surface area contributed by atoms with Crippen LogP contribution in [0, 0.1) is 0 Å². The Kier molecular flexibility index (Phi) is 7.88. The van der Waals surface area contributed by atoms with Gasteiger partial charge < -0.3 is 9.47 Å². The lowest BCUT2D eigenvalue weighted by molar-refractivity contribution is 0.203.